The number of aromatic nitrogens is 6. The lowest BCUT2D eigenvalue weighted by Crippen LogP contribution is -2.00. The number of benzene rings is 2. The van der Waals surface area contributed by atoms with E-state index in [1.165, 1.54) is 5.56 Å². The average molecular weight is 398 g/mol. The molecule has 0 aliphatic rings. The van der Waals surface area contributed by atoms with Crippen molar-refractivity contribution in [3.05, 3.63) is 84.4 Å². The van der Waals surface area contributed by atoms with Gasteiger partial charge >= 0.3 is 0 Å². The molecular formula is C22H18N6S. The van der Waals surface area contributed by atoms with Gasteiger partial charge in [0.2, 0.25) is 0 Å². The molecule has 5 aromatic rings. The van der Waals surface area contributed by atoms with Crippen molar-refractivity contribution in [1.29, 1.82) is 0 Å². The van der Waals surface area contributed by atoms with Crippen LogP contribution >= 0.6 is 11.8 Å². The van der Waals surface area contributed by atoms with Gasteiger partial charge in [-0.05, 0) is 43.3 Å². The first-order valence-corrected chi connectivity index (χ1v) is 10.3. The molecule has 0 spiro atoms. The summed E-state index contributed by atoms with van der Waals surface area (Å²) in [5, 5.41) is 9.77. The van der Waals surface area contributed by atoms with Crippen molar-refractivity contribution in [3.63, 3.8) is 0 Å². The number of hydrogen-bond acceptors (Lipinski definition) is 5. The van der Waals surface area contributed by atoms with Gasteiger partial charge in [-0.1, -0.05) is 41.6 Å². The third-order valence-electron chi connectivity index (χ3n) is 4.64. The molecule has 3 aromatic heterocycles. The summed E-state index contributed by atoms with van der Waals surface area (Å²) in [6.07, 6.45) is 3.54. The number of para-hydroxylation sites is 2. The van der Waals surface area contributed by atoms with E-state index in [4.69, 9.17) is 0 Å². The van der Waals surface area contributed by atoms with Gasteiger partial charge in [-0.25, -0.2) is 4.98 Å². The molecule has 29 heavy (non-hydrogen) atoms. The molecule has 142 valence electrons. The Bertz CT molecular complexity index is 1220. The summed E-state index contributed by atoms with van der Waals surface area (Å²) >= 11 is 1.61. The number of H-pyrrole nitrogens is 1. The van der Waals surface area contributed by atoms with Crippen molar-refractivity contribution in [2.45, 2.75) is 17.8 Å². The van der Waals surface area contributed by atoms with Crippen LogP contribution in [0.1, 0.15) is 11.4 Å². The number of rotatable bonds is 5. The van der Waals surface area contributed by atoms with Gasteiger partial charge in [-0.3, -0.25) is 9.55 Å². The van der Waals surface area contributed by atoms with Crippen molar-refractivity contribution < 1.29 is 0 Å². The highest BCUT2D eigenvalue weighted by Gasteiger charge is 2.17. The molecule has 0 saturated carbocycles. The molecule has 3 heterocycles. The van der Waals surface area contributed by atoms with E-state index in [9.17, 15) is 0 Å². The highest BCUT2D eigenvalue weighted by atomic mass is 32.2. The summed E-state index contributed by atoms with van der Waals surface area (Å²) in [5.41, 5.74) is 5.23. The zero-order chi connectivity index (χ0) is 19.6. The van der Waals surface area contributed by atoms with Crippen molar-refractivity contribution in [1.82, 2.24) is 29.7 Å². The molecule has 0 radical (unpaired) electrons. The molecule has 0 amide bonds. The van der Waals surface area contributed by atoms with Crippen LogP contribution in [0, 0.1) is 6.92 Å². The molecule has 0 aliphatic carbocycles. The molecule has 0 bridgehead atoms. The van der Waals surface area contributed by atoms with Crippen LogP contribution in [-0.2, 0) is 5.75 Å². The van der Waals surface area contributed by atoms with E-state index >= 15 is 0 Å². The lowest BCUT2D eigenvalue weighted by atomic mass is 10.2. The standard InChI is InChI=1S/C22H18N6S/c1-15-6-8-17(9-7-15)28-21(16-10-12-23-13-11-16)26-27-22(28)29-14-20-24-18-4-2-3-5-19(18)25-20/h2-13H,14H2,1H3,(H,24,25). The van der Waals surface area contributed by atoms with E-state index < -0.39 is 0 Å². The third-order valence-corrected chi connectivity index (χ3v) is 5.58. The second-order valence-electron chi connectivity index (χ2n) is 6.70. The summed E-state index contributed by atoms with van der Waals surface area (Å²) in [7, 11) is 0. The van der Waals surface area contributed by atoms with Gasteiger partial charge in [0.25, 0.3) is 0 Å². The molecule has 2 aromatic carbocycles. The quantitative estimate of drug-likeness (QED) is 0.430. The molecule has 0 fully saturated rings. The predicted molar refractivity (Wildman–Crippen MR) is 115 cm³/mol. The van der Waals surface area contributed by atoms with E-state index in [2.05, 4.69) is 60.9 Å². The third kappa shape index (κ3) is 3.52. The first-order chi connectivity index (χ1) is 14.3. The smallest absolute Gasteiger partial charge is 0.196 e. The number of aromatic amines is 1. The Morgan fingerprint density at radius 1 is 0.931 bits per heavy atom. The number of imidazole rings is 1. The average Bonchev–Trinajstić information content (AvgIpc) is 3.37. The molecule has 0 saturated heterocycles. The fraction of sp³-hybridized carbons (Fsp3) is 0.0909. The van der Waals surface area contributed by atoms with Crippen LogP contribution < -0.4 is 0 Å². The van der Waals surface area contributed by atoms with Gasteiger partial charge in [0.05, 0.1) is 16.8 Å². The largest absolute Gasteiger partial charge is 0.341 e. The summed E-state index contributed by atoms with van der Waals surface area (Å²) in [6.45, 7) is 2.08. The van der Waals surface area contributed by atoms with Crippen LogP contribution in [0.15, 0.2) is 78.2 Å². The van der Waals surface area contributed by atoms with Crippen LogP contribution in [0.5, 0.6) is 0 Å². The lowest BCUT2D eigenvalue weighted by molar-refractivity contribution is 0.884. The van der Waals surface area contributed by atoms with Crippen LogP contribution in [0.4, 0.5) is 0 Å². The Morgan fingerprint density at radius 3 is 2.52 bits per heavy atom. The van der Waals surface area contributed by atoms with Crippen LogP contribution in [-0.4, -0.2) is 29.7 Å². The first-order valence-electron chi connectivity index (χ1n) is 9.27. The maximum absolute atomic E-state index is 4.66. The van der Waals surface area contributed by atoms with Crippen molar-refractivity contribution >= 4 is 22.8 Å². The maximum atomic E-state index is 4.66. The van der Waals surface area contributed by atoms with Crippen LogP contribution in [0.25, 0.3) is 28.1 Å². The Morgan fingerprint density at radius 2 is 1.72 bits per heavy atom. The van der Waals surface area contributed by atoms with E-state index in [1.54, 1.807) is 24.2 Å². The first kappa shape index (κ1) is 17.6. The minimum atomic E-state index is 0.676. The van der Waals surface area contributed by atoms with Crippen molar-refractivity contribution in [2.75, 3.05) is 0 Å². The second kappa shape index (κ2) is 7.52. The molecule has 7 heteroatoms. The highest BCUT2D eigenvalue weighted by Crippen LogP contribution is 2.29. The zero-order valence-electron chi connectivity index (χ0n) is 15.8. The van der Waals surface area contributed by atoms with Gasteiger partial charge < -0.3 is 4.98 Å². The maximum Gasteiger partial charge on any atom is 0.196 e. The SMILES string of the molecule is Cc1ccc(-n2c(SCc3nc4ccccc4[nH]3)nnc2-c2ccncc2)cc1. The second-order valence-corrected chi connectivity index (χ2v) is 7.64. The Kier molecular flexibility index (Phi) is 4.57. The number of aryl methyl sites for hydroxylation is 1. The molecule has 0 unspecified atom stereocenters. The van der Waals surface area contributed by atoms with Gasteiger partial charge in [-0.2, -0.15) is 0 Å². The molecular weight excluding hydrogens is 380 g/mol. The molecule has 0 aliphatic heterocycles. The minimum Gasteiger partial charge on any atom is -0.341 e. The van der Waals surface area contributed by atoms with E-state index in [-0.39, 0.29) is 0 Å². The summed E-state index contributed by atoms with van der Waals surface area (Å²) in [5.74, 6) is 2.39. The van der Waals surface area contributed by atoms with Gasteiger partial charge in [0.15, 0.2) is 11.0 Å². The number of nitrogens with one attached hydrogen (secondary N) is 1. The number of pyridine rings is 1. The van der Waals surface area contributed by atoms with Gasteiger partial charge in [0.1, 0.15) is 5.82 Å². The van der Waals surface area contributed by atoms with Gasteiger partial charge in [0, 0.05) is 23.6 Å². The highest BCUT2D eigenvalue weighted by molar-refractivity contribution is 7.98. The molecule has 6 nitrogen and oxygen atoms in total. The summed E-state index contributed by atoms with van der Waals surface area (Å²) in [6, 6.07) is 20.3. The normalized spacial score (nSPS) is 11.2. The Labute approximate surface area is 172 Å². The minimum absolute atomic E-state index is 0.676. The summed E-state index contributed by atoms with van der Waals surface area (Å²) in [4.78, 5) is 12.2. The van der Waals surface area contributed by atoms with Crippen LogP contribution in [0.3, 0.4) is 0 Å². The fourth-order valence-electron chi connectivity index (χ4n) is 3.18. The van der Waals surface area contributed by atoms with E-state index in [0.29, 0.717) is 5.75 Å². The fourth-order valence-corrected chi connectivity index (χ4v) is 4.01. The Hall–Kier alpha value is -3.45. The van der Waals surface area contributed by atoms with E-state index in [0.717, 1.165) is 39.1 Å². The van der Waals surface area contributed by atoms with Crippen molar-refractivity contribution in [3.8, 4) is 17.1 Å². The predicted octanol–water partition coefficient (Wildman–Crippen LogP) is 4.81. The van der Waals surface area contributed by atoms with Crippen LogP contribution in [0.2, 0.25) is 0 Å². The summed E-state index contributed by atoms with van der Waals surface area (Å²) < 4.78 is 2.09. The van der Waals surface area contributed by atoms with E-state index in [1.807, 2.05) is 36.4 Å². The number of fused-ring (bicyclic) bond motifs is 1. The molecule has 1 N–H and O–H groups in total. The lowest BCUT2D eigenvalue weighted by Gasteiger charge is -2.10. The molecule has 0 atom stereocenters. The number of nitrogens with zero attached hydrogens (tertiary/aromatic N) is 5. The monoisotopic (exact) mass is 398 g/mol. The topological polar surface area (TPSA) is 72.3 Å². The van der Waals surface area contributed by atoms with Crippen molar-refractivity contribution in [2.24, 2.45) is 0 Å². The van der Waals surface area contributed by atoms with Gasteiger partial charge in [-0.15, -0.1) is 10.2 Å². The Balaban J connectivity index is 1.52. The number of hydrogen-bond donors (Lipinski definition) is 1. The zero-order valence-corrected chi connectivity index (χ0v) is 16.6. The molecule has 5 rings (SSSR count). The number of thioether (sulfide) groups is 1.